The van der Waals surface area contributed by atoms with Crippen molar-refractivity contribution in [2.24, 2.45) is 46.3 Å². The maximum atomic E-state index is 11.6. The minimum atomic E-state index is -1.28. The molecule has 0 amide bonds. The van der Waals surface area contributed by atoms with Crippen molar-refractivity contribution in [2.75, 3.05) is 98.4 Å². The van der Waals surface area contributed by atoms with Crippen LogP contribution in [0.1, 0.15) is 125 Å². The Hall–Kier alpha value is -0.845. The van der Waals surface area contributed by atoms with Crippen LogP contribution in [-0.2, 0) is 23.9 Å². The first kappa shape index (κ1) is 56.7. The van der Waals surface area contributed by atoms with Crippen LogP contribution in [0.15, 0.2) is 11.6 Å². The van der Waals surface area contributed by atoms with E-state index in [2.05, 4.69) is 40.7 Å². The predicted octanol–water partition coefficient (Wildman–Crippen LogP) is 1.79. The summed E-state index contributed by atoms with van der Waals surface area (Å²) in [5.74, 6) is 1.19. The third-order valence-electron chi connectivity index (χ3n) is 16.9. The SMILES string of the molecule is CC(C)CCC[C@H](C)C1CC[C@H]2[C@@H]3CC=C4C[C@@H](OCCCCCOC[C@H]([C@@H](O)CO)N5CCN(CC(=O)[O-])CCN(CC(=O)[O-])CCN(CC(=O)[O-])CC5)CC[C@]4(C)[C@H]3CC[C@]12C.[Gd+3]. The average Bonchev–Trinajstić information content (AvgIpc) is 3.60. The Bertz CT molecular complexity index is 1480. The number of nitrogens with zero attached hydrogens (tertiary/aromatic N) is 4. The van der Waals surface area contributed by atoms with Crippen molar-refractivity contribution in [3.8, 4) is 0 Å². The average molecular weight is 1060 g/mol. The molecular weight excluding hydrogens is 974 g/mol. The number of ether oxygens (including phenoxy) is 2. The van der Waals surface area contributed by atoms with Crippen LogP contribution in [0.25, 0.3) is 0 Å². The number of carbonyl (C=O) groups excluding carboxylic acids is 3. The van der Waals surface area contributed by atoms with E-state index in [1.165, 1.54) is 57.8 Å². The number of unbranched alkanes of at least 4 members (excludes halogenated alkanes) is 2. The Balaban J connectivity index is 0.00000925. The summed E-state index contributed by atoms with van der Waals surface area (Å²) in [5, 5.41) is 55.6. The Morgan fingerprint density at radius 2 is 1.34 bits per heavy atom. The molecule has 2 N–H and O–H groups in total. The van der Waals surface area contributed by atoms with Crippen LogP contribution in [0.5, 0.6) is 0 Å². The van der Waals surface area contributed by atoms with E-state index in [0.29, 0.717) is 24.0 Å². The summed E-state index contributed by atoms with van der Waals surface area (Å²) in [6.07, 6.45) is 18.8. The monoisotopic (exact) mass is 1060 g/mol. The summed E-state index contributed by atoms with van der Waals surface area (Å²) >= 11 is 0. The Morgan fingerprint density at radius 3 is 1.91 bits per heavy atom. The van der Waals surface area contributed by atoms with Gasteiger partial charge in [-0.25, -0.2) is 0 Å². The van der Waals surface area contributed by atoms with Gasteiger partial charge in [-0.1, -0.05) is 65.5 Å². The fourth-order valence-corrected chi connectivity index (χ4v) is 13.2. The van der Waals surface area contributed by atoms with Gasteiger partial charge in [0.1, 0.15) is 0 Å². The third-order valence-corrected chi connectivity index (χ3v) is 16.9. The molecule has 14 nitrogen and oxygen atoms in total. The summed E-state index contributed by atoms with van der Waals surface area (Å²) in [5.41, 5.74) is 2.47. The number of hydrogen-bond acceptors (Lipinski definition) is 14. The molecule has 5 rings (SSSR count). The number of rotatable bonds is 23. The molecular formula is C50H85GdN4O10. The van der Waals surface area contributed by atoms with E-state index >= 15 is 0 Å². The molecule has 5 aliphatic rings. The second-order valence-electron chi connectivity index (χ2n) is 21.5. The molecule has 0 aromatic carbocycles. The zero-order chi connectivity index (χ0) is 46.4. The Kier molecular flexibility index (Phi) is 24.0. The van der Waals surface area contributed by atoms with Crippen molar-refractivity contribution < 1.29 is 89.3 Å². The molecule has 1 radical (unpaired) electrons. The largest absolute Gasteiger partial charge is 3.00 e. The number of carboxylic acids is 3. The van der Waals surface area contributed by atoms with Crippen LogP contribution in [0, 0.1) is 86.3 Å². The van der Waals surface area contributed by atoms with Gasteiger partial charge in [-0.05, 0) is 117 Å². The van der Waals surface area contributed by atoms with Gasteiger partial charge in [0.05, 0.1) is 49.4 Å². The van der Waals surface area contributed by atoms with Crippen LogP contribution in [-0.4, -0.2) is 164 Å². The smallest absolute Gasteiger partial charge is 0.549 e. The standard InChI is InChI=1S/C50H88N4O10.Gd/c1-36(2)10-9-11-37(3)41-14-15-42-40-13-12-38-30-39(16-18-49(38,4)43(40)17-19-50(41,42)5)64-29-8-6-7-28-63-35-44(45(56)34-55)54-26-24-52(32-47(59)60)22-20-51(31-46(57)58)21-23-53(25-27-54)33-48(61)62;/h12,36-37,39-45,55-56H,6-11,13-35H2,1-5H3,(H,57,58)(H,59,60)(H,61,62);/q;+3/p-3/t37-,39-,40-,41?,42-,43-,44+,45-,49-,50+;/m0./s1. The van der Waals surface area contributed by atoms with Crippen molar-refractivity contribution in [3.05, 3.63) is 11.6 Å². The zero-order valence-electron chi connectivity index (χ0n) is 40.6. The van der Waals surface area contributed by atoms with Gasteiger partial charge in [0.25, 0.3) is 0 Å². The normalized spacial score (nSPS) is 31.3. The van der Waals surface area contributed by atoms with E-state index in [9.17, 15) is 39.9 Å². The van der Waals surface area contributed by atoms with Crippen molar-refractivity contribution in [2.45, 2.75) is 143 Å². The fraction of sp³-hybridized carbons (Fsp3) is 0.900. The first-order chi connectivity index (χ1) is 30.5. The summed E-state index contributed by atoms with van der Waals surface area (Å²) < 4.78 is 12.6. The minimum Gasteiger partial charge on any atom is -0.549 e. The first-order valence-electron chi connectivity index (χ1n) is 25.2. The van der Waals surface area contributed by atoms with Gasteiger partial charge < -0.3 is 49.4 Å². The number of carboxylic acid groups (broad SMARTS) is 3. The van der Waals surface area contributed by atoms with Crippen LogP contribution < -0.4 is 15.3 Å². The van der Waals surface area contributed by atoms with Crippen molar-refractivity contribution >= 4 is 17.9 Å². The van der Waals surface area contributed by atoms with Crippen molar-refractivity contribution in [1.82, 2.24) is 19.6 Å². The molecule has 373 valence electrons. The second-order valence-corrected chi connectivity index (χ2v) is 21.5. The van der Waals surface area contributed by atoms with E-state index in [-0.39, 0.29) is 125 Å². The molecule has 1 unspecified atom stereocenters. The van der Waals surface area contributed by atoms with E-state index in [1.807, 2.05) is 4.90 Å². The Labute approximate surface area is 423 Å². The van der Waals surface area contributed by atoms with Crippen LogP contribution in [0.2, 0.25) is 0 Å². The molecule has 1 aliphatic heterocycles. The molecule has 65 heavy (non-hydrogen) atoms. The van der Waals surface area contributed by atoms with Gasteiger partial charge in [0.2, 0.25) is 0 Å². The number of aliphatic carboxylic acids is 3. The topological polar surface area (TPSA) is 192 Å². The van der Waals surface area contributed by atoms with Gasteiger partial charge in [-0.3, -0.25) is 19.6 Å². The molecule has 0 aromatic rings. The van der Waals surface area contributed by atoms with Gasteiger partial charge in [0, 0.05) is 85.2 Å². The van der Waals surface area contributed by atoms with Gasteiger partial charge >= 0.3 is 39.9 Å². The number of aliphatic hydroxyl groups is 2. The maximum absolute atomic E-state index is 11.6. The maximum Gasteiger partial charge on any atom is 3.00 e. The molecule has 1 heterocycles. The second kappa shape index (κ2) is 27.5. The predicted molar refractivity (Wildman–Crippen MR) is 240 cm³/mol. The summed E-state index contributed by atoms with van der Waals surface area (Å²) in [6.45, 7) is 14.2. The molecule has 4 fully saturated rings. The number of carbonyl (C=O) groups is 3. The zero-order valence-corrected chi connectivity index (χ0v) is 42.9. The molecule has 0 aromatic heterocycles. The van der Waals surface area contributed by atoms with E-state index in [0.717, 1.165) is 67.6 Å². The van der Waals surface area contributed by atoms with Crippen LogP contribution in [0.4, 0.5) is 0 Å². The first-order valence-corrected chi connectivity index (χ1v) is 25.2. The van der Waals surface area contributed by atoms with Gasteiger partial charge in [-0.2, -0.15) is 0 Å². The molecule has 0 bridgehead atoms. The van der Waals surface area contributed by atoms with Crippen LogP contribution >= 0.6 is 0 Å². The molecule has 4 aliphatic carbocycles. The molecule has 3 saturated carbocycles. The van der Waals surface area contributed by atoms with E-state index in [4.69, 9.17) is 9.47 Å². The molecule has 10 atom stereocenters. The molecule has 15 heteroatoms. The van der Waals surface area contributed by atoms with Gasteiger partial charge in [-0.15, -0.1) is 0 Å². The van der Waals surface area contributed by atoms with E-state index in [1.54, 1.807) is 20.3 Å². The fourth-order valence-electron chi connectivity index (χ4n) is 13.2. The van der Waals surface area contributed by atoms with E-state index < -0.39 is 36.7 Å². The molecule has 0 spiro atoms. The number of aliphatic hydroxyl groups excluding tert-OH is 2. The number of hydrogen-bond donors (Lipinski definition) is 2. The van der Waals surface area contributed by atoms with Crippen LogP contribution in [0.3, 0.4) is 0 Å². The molecule has 1 saturated heterocycles. The summed E-state index contributed by atoms with van der Waals surface area (Å²) in [7, 11) is 0. The number of allylic oxidation sites excluding steroid dienone is 1. The summed E-state index contributed by atoms with van der Waals surface area (Å²) in [6, 6.07) is -0.636. The third kappa shape index (κ3) is 16.4. The quantitative estimate of drug-likeness (QED) is 0.111. The minimum absolute atomic E-state index is 0. The summed E-state index contributed by atoms with van der Waals surface area (Å²) in [4.78, 5) is 41.4. The van der Waals surface area contributed by atoms with Crippen molar-refractivity contribution in [3.63, 3.8) is 0 Å². The van der Waals surface area contributed by atoms with Crippen molar-refractivity contribution in [1.29, 1.82) is 0 Å². The van der Waals surface area contributed by atoms with Gasteiger partial charge in [0.15, 0.2) is 0 Å². The number of fused-ring (bicyclic) bond motifs is 5. The Morgan fingerprint density at radius 1 is 0.754 bits per heavy atom.